The Balaban J connectivity index is 1.15. The molecule has 0 aliphatic carbocycles. The molecule has 2 aromatic heterocycles. The summed E-state index contributed by atoms with van der Waals surface area (Å²) in [6.45, 7) is 4.00. The number of fused-ring (bicyclic) bond motifs is 1. The fourth-order valence-corrected chi connectivity index (χ4v) is 5.18. The molecule has 5 rings (SSSR count). The van der Waals surface area contributed by atoms with Crippen molar-refractivity contribution in [3.8, 4) is 0 Å². The van der Waals surface area contributed by atoms with Gasteiger partial charge in [0.2, 0.25) is 11.9 Å². The lowest BCUT2D eigenvalue weighted by Crippen LogP contribution is -2.46. The number of carbonyl (C=O) groups excluding carboxylic acids is 1. The molecular formula is C26H32N8O2. The van der Waals surface area contributed by atoms with Crippen molar-refractivity contribution >= 4 is 28.6 Å². The molecule has 2 saturated heterocycles. The summed E-state index contributed by atoms with van der Waals surface area (Å²) in [6, 6.07) is 7.80. The van der Waals surface area contributed by atoms with Gasteiger partial charge in [-0.05, 0) is 50.9 Å². The third kappa shape index (κ3) is 5.43. The molecule has 10 heteroatoms. The summed E-state index contributed by atoms with van der Waals surface area (Å²) in [5, 5.41) is 4.32. The summed E-state index contributed by atoms with van der Waals surface area (Å²) in [5.74, 6) is 0.824. The van der Waals surface area contributed by atoms with Crippen molar-refractivity contribution in [2.45, 2.75) is 32.2 Å². The van der Waals surface area contributed by atoms with Crippen molar-refractivity contribution in [3.05, 3.63) is 54.1 Å². The van der Waals surface area contributed by atoms with Crippen molar-refractivity contribution in [2.24, 2.45) is 17.0 Å². The van der Waals surface area contributed by atoms with Gasteiger partial charge in [0, 0.05) is 49.4 Å². The van der Waals surface area contributed by atoms with Crippen LogP contribution in [-0.2, 0) is 16.2 Å². The van der Waals surface area contributed by atoms with Crippen LogP contribution in [0.5, 0.6) is 0 Å². The Kier molecular flexibility index (Phi) is 7.31. The average molecular weight is 489 g/mol. The van der Waals surface area contributed by atoms with Gasteiger partial charge in [-0.1, -0.05) is 17.3 Å². The lowest BCUT2D eigenvalue weighted by atomic mass is 9.88. The van der Waals surface area contributed by atoms with Crippen LogP contribution in [-0.4, -0.2) is 74.6 Å². The minimum atomic E-state index is 0.0823. The van der Waals surface area contributed by atoms with Crippen LogP contribution in [0, 0.1) is 11.8 Å². The van der Waals surface area contributed by atoms with E-state index >= 15 is 0 Å². The summed E-state index contributed by atoms with van der Waals surface area (Å²) >= 11 is 0. The maximum absolute atomic E-state index is 13.3. The first-order valence-electron chi connectivity index (χ1n) is 12.5. The van der Waals surface area contributed by atoms with Gasteiger partial charge in [-0.25, -0.2) is 15.0 Å². The van der Waals surface area contributed by atoms with Gasteiger partial charge >= 0.3 is 0 Å². The molecule has 36 heavy (non-hydrogen) atoms. The number of aromatic nitrogens is 4. The van der Waals surface area contributed by atoms with Crippen LogP contribution in [0.15, 0.2) is 48.0 Å². The molecule has 10 nitrogen and oxygen atoms in total. The minimum Gasteiger partial charge on any atom is -0.399 e. The van der Waals surface area contributed by atoms with Gasteiger partial charge in [-0.3, -0.25) is 14.7 Å². The van der Waals surface area contributed by atoms with Gasteiger partial charge in [-0.15, -0.1) is 0 Å². The van der Waals surface area contributed by atoms with Crippen molar-refractivity contribution in [2.75, 3.05) is 39.0 Å². The normalized spacial score (nSPS) is 18.5. The van der Waals surface area contributed by atoms with E-state index in [9.17, 15) is 4.79 Å². The molecule has 1 amide bonds. The number of rotatable bonds is 6. The molecule has 2 N–H and O–H groups in total. The van der Waals surface area contributed by atoms with Crippen LogP contribution in [0.3, 0.4) is 0 Å². The van der Waals surface area contributed by atoms with Gasteiger partial charge in [0.1, 0.15) is 18.5 Å². The molecule has 4 heterocycles. The monoisotopic (exact) mass is 488 g/mol. The highest BCUT2D eigenvalue weighted by molar-refractivity contribution is 6.01. The summed E-state index contributed by atoms with van der Waals surface area (Å²) in [6.07, 6.45) is 8.72. The smallest absolute Gasteiger partial charge is 0.225 e. The number of likely N-dealkylation sites (tertiary alicyclic amines) is 2. The zero-order valence-corrected chi connectivity index (χ0v) is 20.6. The van der Waals surface area contributed by atoms with E-state index in [0.717, 1.165) is 86.4 Å². The van der Waals surface area contributed by atoms with E-state index < -0.39 is 0 Å². The van der Waals surface area contributed by atoms with E-state index in [-0.39, 0.29) is 23.7 Å². The van der Waals surface area contributed by atoms with Crippen LogP contribution in [0.2, 0.25) is 0 Å². The first-order chi connectivity index (χ1) is 17.6. The second kappa shape index (κ2) is 10.9. The SMILES string of the molecule is CON=C(c1cnc2ccccc2n1)C1CCN(C(=O)C2CCN(Cc3cnc(N)nc3)CC2)CC1. The summed E-state index contributed by atoms with van der Waals surface area (Å²) in [7, 11) is 1.56. The fourth-order valence-electron chi connectivity index (χ4n) is 5.18. The van der Waals surface area contributed by atoms with Gasteiger partial charge < -0.3 is 15.5 Å². The zero-order chi connectivity index (χ0) is 24.9. The lowest BCUT2D eigenvalue weighted by Gasteiger charge is -2.37. The highest BCUT2D eigenvalue weighted by Gasteiger charge is 2.33. The number of anilines is 1. The number of benzene rings is 1. The van der Waals surface area contributed by atoms with E-state index in [4.69, 9.17) is 15.6 Å². The maximum atomic E-state index is 13.3. The van der Waals surface area contributed by atoms with Gasteiger partial charge in [0.05, 0.1) is 17.2 Å². The van der Waals surface area contributed by atoms with Gasteiger partial charge in [0.25, 0.3) is 0 Å². The summed E-state index contributed by atoms with van der Waals surface area (Å²) < 4.78 is 0. The predicted octanol–water partition coefficient (Wildman–Crippen LogP) is 2.50. The summed E-state index contributed by atoms with van der Waals surface area (Å²) in [5.41, 5.74) is 9.85. The second-order valence-electron chi connectivity index (χ2n) is 9.50. The number of carbonyl (C=O) groups is 1. The first kappa shape index (κ1) is 24.1. The maximum Gasteiger partial charge on any atom is 0.225 e. The van der Waals surface area contributed by atoms with Crippen molar-refractivity contribution < 1.29 is 9.63 Å². The number of hydrogen-bond donors (Lipinski definition) is 1. The Morgan fingerprint density at radius 3 is 2.33 bits per heavy atom. The number of nitrogens with zero attached hydrogens (tertiary/aromatic N) is 7. The van der Waals surface area contributed by atoms with Crippen LogP contribution < -0.4 is 5.73 Å². The Morgan fingerprint density at radius 2 is 1.64 bits per heavy atom. The van der Waals surface area contributed by atoms with E-state index in [0.29, 0.717) is 0 Å². The third-order valence-corrected chi connectivity index (χ3v) is 7.16. The van der Waals surface area contributed by atoms with E-state index in [1.54, 1.807) is 25.7 Å². The lowest BCUT2D eigenvalue weighted by molar-refractivity contribution is -0.138. The molecule has 2 aliphatic heterocycles. The van der Waals surface area contributed by atoms with Gasteiger partial charge in [-0.2, -0.15) is 0 Å². The van der Waals surface area contributed by atoms with E-state index in [1.807, 2.05) is 29.2 Å². The number of para-hydroxylation sites is 2. The number of piperidine rings is 2. The predicted molar refractivity (Wildman–Crippen MR) is 137 cm³/mol. The number of nitrogen functional groups attached to an aromatic ring is 1. The first-order valence-corrected chi connectivity index (χ1v) is 12.5. The fraction of sp³-hybridized carbons (Fsp3) is 0.462. The van der Waals surface area contributed by atoms with Crippen molar-refractivity contribution in [3.63, 3.8) is 0 Å². The molecular weight excluding hydrogens is 456 g/mol. The second-order valence-corrected chi connectivity index (χ2v) is 9.50. The largest absolute Gasteiger partial charge is 0.399 e. The highest BCUT2D eigenvalue weighted by atomic mass is 16.6. The van der Waals surface area contributed by atoms with Crippen LogP contribution in [0.1, 0.15) is 36.9 Å². The molecule has 0 spiro atoms. The van der Waals surface area contributed by atoms with Crippen LogP contribution in [0.4, 0.5) is 5.95 Å². The summed E-state index contributed by atoms with van der Waals surface area (Å²) in [4.78, 5) is 40.3. The molecule has 3 aromatic rings. The van der Waals surface area contributed by atoms with Gasteiger partial charge in [0.15, 0.2) is 0 Å². The average Bonchev–Trinajstić information content (AvgIpc) is 2.93. The number of amides is 1. The topological polar surface area (TPSA) is 123 Å². The standard InChI is InChI=1S/C26H32N8O2/c1-36-32-24(23-16-28-21-4-2-3-5-22(21)31-23)19-8-12-34(13-9-19)25(35)20-6-10-33(11-7-20)17-18-14-29-26(27)30-15-18/h2-5,14-16,19-20H,6-13,17H2,1H3,(H2,27,29,30). The zero-order valence-electron chi connectivity index (χ0n) is 20.6. The van der Waals surface area contributed by atoms with Crippen molar-refractivity contribution in [1.29, 1.82) is 0 Å². The molecule has 0 radical (unpaired) electrons. The quantitative estimate of drug-likeness (QED) is 0.415. The molecule has 0 bridgehead atoms. The molecule has 188 valence electrons. The van der Waals surface area contributed by atoms with E-state index in [1.165, 1.54) is 0 Å². The highest BCUT2D eigenvalue weighted by Crippen LogP contribution is 2.27. The number of nitrogens with two attached hydrogens (primary N) is 1. The Hall–Kier alpha value is -3.66. The Bertz CT molecular complexity index is 1220. The van der Waals surface area contributed by atoms with E-state index in [2.05, 4.69) is 25.0 Å². The van der Waals surface area contributed by atoms with Crippen molar-refractivity contribution in [1.82, 2.24) is 29.7 Å². The number of hydrogen-bond acceptors (Lipinski definition) is 9. The Labute approximate surface area is 210 Å². The number of oxime groups is 1. The molecule has 2 aliphatic rings. The Morgan fingerprint density at radius 1 is 0.972 bits per heavy atom. The third-order valence-electron chi connectivity index (χ3n) is 7.16. The van der Waals surface area contributed by atoms with Crippen LogP contribution >= 0.6 is 0 Å². The molecule has 0 saturated carbocycles. The molecule has 2 fully saturated rings. The molecule has 0 atom stereocenters. The molecule has 1 aromatic carbocycles. The molecule has 0 unspecified atom stereocenters. The minimum absolute atomic E-state index is 0.0823. The van der Waals surface area contributed by atoms with Crippen LogP contribution in [0.25, 0.3) is 11.0 Å².